The lowest BCUT2D eigenvalue weighted by atomic mass is 9.97. The van der Waals surface area contributed by atoms with Crippen LogP contribution in [0.15, 0.2) is 51.7 Å². The molecule has 0 radical (unpaired) electrons. The molecule has 0 aliphatic carbocycles. The van der Waals surface area contributed by atoms with E-state index in [1.165, 1.54) is 18.4 Å². The van der Waals surface area contributed by atoms with Gasteiger partial charge in [0.15, 0.2) is 0 Å². The second-order valence-corrected chi connectivity index (χ2v) is 9.58. The van der Waals surface area contributed by atoms with Crippen LogP contribution in [0.2, 0.25) is 5.02 Å². The molecule has 2 bridgehead atoms. The molecule has 3 aliphatic rings. The molecular formula is C25H27Cl2N3O3. The summed E-state index contributed by atoms with van der Waals surface area (Å²) >= 11 is 6.29. The van der Waals surface area contributed by atoms with Crippen LogP contribution in [0.3, 0.4) is 0 Å². The highest BCUT2D eigenvalue weighted by Gasteiger charge is 2.42. The monoisotopic (exact) mass is 487 g/mol. The summed E-state index contributed by atoms with van der Waals surface area (Å²) in [4.78, 5) is 15.4. The van der Waals surface area contributed by atoms with E-state index in [4.69, 9.17) is 20.8 Å². The third-order valence-corrected chi connectivity index (χ3v) is 7.47. The van der Waals surface area contributed by atoms with Crippen molar-refractivity contribution in [2.24, 2.45) is 0 Å². The molecule has 0 amide bonds. The summed E-state index contributed by atoms with van der Waals surface area (Å²) in [5, 5.41) is 5.22. The van der Waals surface area contributed by atoms with Gasteiger partial charge in [0.1, 0.15) is 5.75 Å². The lowest BCUT2D eigenvalue weighted by molar-refractivity contribution is 0.101. The van der Waals surface area contributed by atoms with Gasteiger partial charge < -0.3 is 9.15 Å². The van der Waals surface area contributed by atoms with Gasteiger partial charge >= 0.3 is 5.76 Å². The van der Waals surface area contributed by atoms with E-state index < -0.39 is 5.76 Å². The number of nitrogens with zero attached hydrogens (tertiary/aromatic N) is 3. The Balaban J connectivity index is 0.00000228. The molecule has 6 rings (SSSR count). The van der Waals surface area contributed by atoms with Gasteiger partial charge in [0, 0.05) is 30.1 Å². The van der Waals surface area contributed by atoms with Gasteiger partial charge in [-0.3, -0.25) is 4.90 Å². The number of benzene rings is 2. The Kier molecular flexibility index (Phi) is 6.25. The predicted octanol–water partition coefficient (Wildman–Crippen LogP) is 4.92. The quantitative estimate of drug-likeness (QED) is 0.510. The van der Waals surface area contributed by atoms with Crippen molar-refractivity contribution in [2.45, 2.75) is 56.7 Å². The number of piperidine rings is 1. The SMILES string of the molecule is Cl.O=c1oc(-c2cc(Cl)cc3c2OCC3)nn1C1CC2CCC(C1)N2CCc1ccccc1. The average molecular weight is 488 g/mol. The van der Waals surface area contributed by atoms with Crippen molar-refractivity contribution in [3.63, 3.8) is 0 Å². The van der Waals surface area contributed by atoms with E-state index in [2.05, 4.69) is 40.3 Å². The molecule has 2 aromatic carbocycles. The maximum absolute atomic E-state index is 12.8. The normalized spacial score (nSPS) is 23.7. The van der Waals surface area contributed by atoms with Gasteiger partial charge in [0.2, 0.25) is 0 Å². The molecule has 1 aromatic heterocycles. The Morgan fingerprint density at radius 2 is 1.82 bits per heavy atom. The Bertz CT molecular complexity index is 1180. The molecule has 0 spiro atoms. The summed E-state index contributed by atoms with van der Waals surface area (Å²) in [7, 11) is 0. The van der Waals surface area contributed by atoms with E-state index in [0.717, 1.165) is 43.5 Å². The Hall–Kier alpha value is -2.28. The molecule has 6 nitrogen and oxygen atoms in total. The van der Waals surface area contributed by atoms with E-state index in [9.17, 15) is 4.79 Å². The molecule has 2 atom stereocenters. The summed E-state index contributed by atoms with van der Waals surface area (Å²) in [6.07, 6.45) is 6.10. The summed E-state index contributed by atoms with van der Waals surface area (Å²) < 4.78 is 12.9. The first-order valence-electron chi connectivity index (χ1n) is 11.5. The first-order valence-corrected chi connectivity index (χ1v) is 11.9. The highest BCUT2D eigenvalue weighted by atomic mass is 35.5. The average Bonchev–Trinajstić information content (AvgIpc) is 3.48. The van der Waals surface area contributed by atoms with Crippen molar-refractivity contribution in [2.75, 3.05) is 13.2 Å². The first-order chi connectivity index (χ1) is 15.7. The number of fused-ring (bicyclic) bond motifs is 3. The maximum atomic E-state index is 12.8. The van der Waals surface area contributed by atoms with Crippen LogP contribution in [0.5, 0.6) is 5.75 Å². The zero-order valence-corrected chi connectivity index (χ0v) is 19.9. The van der Waals surface area contributed by atoms with Crippen molar-refractivity contribution < 1.29 is 9.15 Å². The minimum Gasteiger partial charge on any atom is -0.492 e. The standard InChI is InChI=1S/C25H26ClN3O3.ClH/c26-18-12-17-9-11-31-23(17)22(13-18)24-27-29(25(30)32-24)21-14-19-6-7-20(15-21)28(19)10-8-16-4-2-1-3-5-16;/h1-5,12-13,19-21H,6-11,14-15H2;1H. The van der Waals surface area contributed by atoms with Crippen LogP contribution in [-0.2, 0) is 12.8 Å². The second-order valence-electron chi connectivity index (χ2n) is 9.14. The summed E-state index contributed by atoms with van der Waals surface area (Å²) in [6, 6.07) is 15.4. The van der Waals surface area contributed by atoms with Gasteiger partial charge in [0.05, 0.1) is 18.2 Å². The zero-order chi connectivity index (χ0) is 21.7. The number of aromatic nitrogens is 2. The van der Waals surface area contributed by atoms with Crippen molar-refractivity contribution >= 4 is 24.0 Å². The van der Waals surface area contributed by atoms with Crippen molar-refractivity contribution in [1.82, 2.24) is 14.7 Å². The van der Waals surface area contributed by atoms with Gasteiger partial charge in [-0.15, -0.1) is 17.5 Å². The van der Waals surface area contributed by atoms with Crippen LogP contribution < -0.4 is 10.5 Å². The summed E-state index contributed by atoms with van der Waals surface area (Å²) in [6.45, 7) is 1.68. The number of ether oxygens (including phenoxy) is 1. The second kappa shape index (κ2) is 9.16. The van der Waals surface area contributed by atoms with Gasteiger partial charge in [-0.25, -0.2) is 4.79 Å². The van der Waals surface area contributed by atoms with Gasteiger partial charge in [-0.05, 0) is 55.4 Å². The first kappa shape index (κ1) is 22.5. The molecule has 33 heavy (non-hydrogen) atoms. The molecule has 8 heteroatoms. The third-order valence-electron chi connectivity index (χ3n) is 7.26. The summed E-state index contributed by atoms with van der Waals surface area (Å²) in [5.41, 5.74) is 3.08. The van der Waals surface area contributed by atoms with Gasteiger partial charge in [0.25, 0.3) is 5.89 Å². The molecule has 3 aromatic rings. The fourth-order valence-corrected chi connectivity index (χ4v) is 6.01. The third kappa shape index (κ3) is 4.20. The molecule has 2 fully saturated rings. The molecule has 4 heterocycles. The van der Waals surface area contributed by atoms with Crippen molar-refractivity contribution in [3.05, 3.63) is 69.2 Å². The maximum Gasteiger partial charge on any atom is 0.437 e. The molecule has 0 N–H and O–H groups in total. The smallest absolute Gasteiger partial charge is 0.437 e. The minimum absolute atomic E-state index is 0. The molecule has 2 unspecified atom stereocenters. The van der Waals surface area contributed by atoms with Crippen LogP contribution in [0, 0.1) is 0 Å². The predicted molar refractivity (Wildman–Crippen MR) is 130 cm³/mol. The topological polar surface area (TPSA) is 60.5 Å². The van der Waals surface area contributed by atoms with E-state index in [-0.39, 0.29) is 18.4 Å². The fraction of sp³-hybridized carbons (Fsp3) is 0.440. The molecule has 2 saturated heterocycles. The lowest BCUT2D eigenvalue weighted by Crippen LogP contribution is -2.45. The Labute approximate surface area is 203 Å². The summed E-state index contributed by atoms with van der Waals surface area (Å²) in [5.74, 6) is 0.641. The molecule has 174 valence electrons. The fourth-order valence-electron chi connectivity index (χ4n) is 5.77. The van der Waals surface area contributed by atoms with Gasteiger partial charge in [-0.2, -0.15) is 4.68 Å². The number of hydrogen-bond donors (Lipinski definition) is 0. The van der Waals surface area contributed by atoms with Crippen LogP contribution in [-0.4, -0.2) is 39.9 Å². The van der Waals surface area contributed by atoms with E-state index in [1.807, 2.05) is 6.07 Å². The minimum atomic E-state index is -0.395. The van der Waals surface area contributed by atoms with Crippen LogP contribution in [0.4, 0.5) is 0 Å². The van der Waals surface area contributed by atoms with E-state index in [0.29, 0.717) is 35.2 Å². The number of hydrogen-bond acceptors (Lipinski definition) is 5. The van der Waals surface area contributed by atoms with Crippen LogP contribution in [0.1, 0.15) is 42.9 Å². The van der Waals surface area contributed by atoms with Crippen LogP contribution in [0.25, 0.3) is 11.5 Å². The van der Waals surface area contributed by atoms with E-state index in [1.54, 1.807) is 10.7 Å². The van der Waals surface area contributed by atoms with Crippen LogP contribution >= 0.6 is 24.0 Å². The molecule has 3 aliphatic heterocycles. The largest absolute Gasteiger partial charge is 0.492 e. The molecular weight excluding hydrogens is 461 g/mol. The Morgan fingerprint density at radius 1 is 1.06 bits per heavy atom. The highest BCUT2D eigenvalue weighted by Crippen LogP contribution is 2.41. The number of halogens is 2. The Morgan fingerprint density at radius 3 is 2.58 bits per heavy atom. The number of rotatable bonds is 5. The van der Waals surface area contributed by atoms with Crippen molar-refractivity contribution in [1.29, 1.82) is 0 Å². The van der Waals surface area contributed by atoms with Gasteiger partial charge in [-0.1, -0.05) is 41.9 Å². The lowest BCUT2D eigenvalue weighted by Gasteiger charge is -2.38. The van der Waals surface area contributed by atoms with E-state index >= 15 is 0 Å². The van der Waals surface area contributed by atoms with Crippen molar-refractivity contribution in [3.8, 4) is 17.2 Å². The highest BCUT2D eigenvalue weighted by molar-refractivity contribution is 6.31. The molecule has 0 saturated carbocycles. The zero-order valence-electron chi connectivity index (χ0n) is 18.3.